The van der Waals surface area contributed by atoms with Crippen molar-refractivity contribution in [2.75, 3.05) is 12.0 Å². The second-order valence-corrected chi connectivity index (χ2v) is 8.02. The van der Waals surface area contributed by atoms with Crippen molar-refractivity contribution in [1.29, 1.82) is 0 Å². The second kappa shape index (κ2) is 7.48. The standard InChI is InChI=1S/C15H23NO4S2/c1-9-8-10(2)12(4)14(11(9)3)22(19,20)16-13(15(17)18)6-7-21-5/h8,13,16H,6-7H2,1-5H3,(H,17,18)/t13-/m1/s1. The van der Waals surface area contributed by atoms with Gasteiger partial charge in [-0.3, -0.25) is 4.79 Å². The van der Waals surface area contributed by atoms with Crippen LogP contribution >= 0.6 is 11.8 Å². The van der Waals surface area contributed by atoms with E-state index in [0.717, 1.165) is 11.1 Å². The summed E-state index contributed by atoms with van der Waals surface area (Å²) < 4.78 is 27.7. The van der Waals surface area contributed by atoms with Crippen molar-refractivity contribution in [2.24, 2.45) is 0 Å². The van der Waals surface area contributed by atoms with E-state index < -0.39 is 22.0 Å². The Morgan fingerprint density at radius 3 is 2.14 bits per heavy atom. The van der Waals surface area contributed by atoms with E-state index >= 15 is 0 Å². The quantitative estimate of drug-likeness (QED) is 0.793. The van der Waals surface area contributed by atoms with E-state index in [2.05, 4.69) is 4.72 Å². The summed E-state index contributed by atoms with van der Waals surface area (Å²) in [6.07, 6.45) is 2.10. The molecule has 1 atom stereocenters. The summed E-state index contributed by atoms with van der Waals surface area (Å²) in [7, 11) is -3.88. The molecule has 0 spiro atoms. The highest BCUT2D eigenvalue weighted by atomic mass is 32.2. The number of aryl methyl sites for hydroxylation is 2. The van der Waals surface area contributed by atoms with Crippen molar-refractivity contribution < 1.29 is 18.3 Å². The van der Waals surface area contributed by atoms with Crippen molar-refractivity contribution in [3.05, 3.63) is 28.3 Å². The minimum atomic E-state index is -3.88. The third-order valence-corrected chi connectivity index (χ3v) is 6.16. The van der Waals surface area contributed by atoms with E-state index in [-0.39, 0.29) is 11.3 Å². The van der Waals surface area contributed by atoms with Crippen LogP contribution in [0.5, 0.6) is 0 Å². The second-order valence-electron chi connectivity index (χ2n) is 5.38. The van der Waals surface area contributed by atoms with Crippen molar-refractivity contribution in [3.63, 3.8) is 0 Å². The van der Waals surface area contributed by atoms with Crippen molar-refractivity contribution >= 4 is 27.8 Å². The summed E-state index contributed by atoms with van der Waals surface area (Å²) in [5, 5.41) is 9.22. The van der Waals surface area contributed by atoms with E-state index in [0.29, 0.717) is 16.9 Å². The molecule has 1 aromatic carbocycles. The van der Waals surface area contributed by atoms with E-state index in [9.17, 15) is 18.3 Å². The SMILES string of the molecule is CSCC[C@@H](NS(=O)(=O)c1c(C)c(C)cc(C)c1C)C(=O)O. The Kier molecular flexibility index (Phi) is 6.46. The topological polar surface area (TPSA) is 83.5 Å². The molecular formula is C15H23NO4S2. The van der Waals surface area contributed by atoms with Crippen molar-refractivity contribution in [1.82, 2.24) is 4.72 Å². The van der Waals surface area contributed by atoms with Gasteiger partial charge in [-0.25, -0.2) is 8.42 Å². The van der Waals surface area contributed by atoms with Crippen LogP contribution in [0.25, 0.3) is 0 Å². The van der Waals surface area contributed by atoms with E-state index in [4.69, 9.17) is 0 Å². The highest BCUT2D eigenvalue weighted by molar-refractivity contribution is 7.98. The third kappa shape index (κ3) is 4.24. The molecule has 0 aromatic heterocycles. The predicted octanol–water partition coefficient (Wildman–Crippen LogP) is 2.40. The molecule has 0 saturated carbocycles. The van der Waals surface area contributed by atoms with Gasteiger partial charge < -0.3 is 5.11 Å². The third-order valence-electron chi connectivity index (χ3n) is 3.77. The highest BCUT2D eigenvalue weighted by Crippen LogP contribution is 2.26. The van der Waals surface area contributed by atoms with Gasteiger partial charge in [0.15, 0.2) is 0 Å². The van der Waals surface area contributed by atoms with Crippen LogP contribution < -0.4 is 4.72 Å². The van der Waals surface area contributed by atoms with Crippen molar-refractivity contribution in [3.8, 4) is 0 Å². The zero-order valence-electron chi connectivity index (χ0n) is 13.6. The fourth-order valence-electron chi connectivity index (χ4n) is 2.30. The lowest BCUT2D eigenvalue weighted by Gasteiger charge is -2.19. The molecule has 22 heavy (non-hydrogen) atoms. The summed E-state index contributed by atoms with van der Waals surface area (Å²) in [5.74, 6) is -0.582. The average molecular weight is 345 g/mol. The molecule has 5 nitrogen and oxygen atoms in total. The number of aliphatic carboxylic acids is 1. The zero-order valence-corrected chi connectivity index (χ0v) is 15.2. The van der Waals surface area contributed by atoms with Crippen molar-refractivity contribution in [2.45, 2.75) is 45.1 Å². The van der Waals surface area contributed by atoms with Gasteiger partial charge in [0.05, 0.1) is 4.90 Å². The van der Waals surface area contributed by atoms with Gasteiger partial charge in [0.25, 0.3) is 0 Å². The molecule has 7 heteroatoms. The fraction of sp³-hybridized carbons (Fsp3) is 0.533. The number of carboxylic acids is 1. The number of nitrogens with one attached hydrogen (secondary N) is 1. The van der Waals surface area contributed by atoms with Crippen LogP contribution in [0, 0.1) is 27.7 Å². The van der Waals surface area contributed by atoms with Gasteiger partial charge in [-0.15, -0.1) is 0 Å². The Labute approximate surface area is 136 Å². The normalized spacial score (nSPS) is 13.1. The predicted molar refractivity (Wildman–Crippen MR) is 90.1 cm³/mol. The summed E-state index contributed by atoms with van der Waals surface area (Å²) in [4.78, 5) is 11.5. The number of carboxylic acid groups (broad SMARTS) is 1. The molecule has 2 N–H and O–H groups in total. The molecule has 0 saturated heterocycles. The van der Waals surface area contributed by atoms with E-state index in [1.165, 1.54) is 11.8 Å². The monoisotopic (exact) mass is 345 g/mol. The molecule has 0 bridgehead atoms. The molecule has 0 aliphatic carbocycles. The smallest absolute Gasteiger partial charge is 0.321 e. The molecule has 0 aliphatic rings. The van der Waals surface area contributed by atoms with Gasteiger partial charge in [-0.1, -0.05) is 6.07 Å². The molecule has 1 rings (SSSR count). The Balaban J connectivity index is 3.27. The van der Waals surface area contributed by atoms with Crippen LogP contribution in [-0.4, -0.2) is 37.5 Å². The fourth-order valence-corrected chi connectivity index (χ4v) is 4.61. The van der Waals surface area contributed by atoms with Gasteiger partial charge >= 0.3 is 5.97 Å². The van der Waals surface area contributed by atoms with Gasteiger partial charge in [0.1, 0.15) is 6.04 Å². The molecule has 0 amide bonds. The Morgan fingerprint density at radius 2 is 1.73 bits per heavy atom. The average Bonchev–Trinajstić information content (AvgIpc) is 2.41. The van der Waals surface area contributed by atoms with Crippen LogP contribution in [0.4, 0.5) is 0 Å². The summed E-state index contributed by atoms with van der Waals surface area (Å²) in [6, 6.07) is 0.823. The Morgan fingerprint density at radius 1 is 1.23 bits per heavy atom. The summed E-state index contributed by atoms with van der Waals surface area (Å²) >= 11 is 1.48. The zero-order chi connectivity index (χ0) is 17.1. The minimum Gasteiger partial charge on any atom is -0.480 e. The first-order valence-electron chi connectivity index (χ1n) is 6.93. The molecule has 0 unspecified atom stereocenters. The largest absolute Gasteiger partial charge is 0.480 e. The van der Waals surface area contributed by atoms with Crippen LogP contribution in [0.15, 0.2) is 11.0 Å². The van der Waals surface area contributed by atoms with Crippen LogP contribution in [-0.2, 0) is 14.8 Å². The molecule has 0 aliphatic heterocycles. The molecule has 124 valence electrons. The molecule has 0 fully saturated rings. The Hall–Kier alpha value is -1.05. The number of thioether (sulfide) groups is 1. The molecule has 0 heterocycles. The number of sulfonamides is 1. The highest BCUT2D eigenvalue weighted by Gasteiger charge is 2.28. The summed E-state index contributed by atoms with van der Waals surface area (Å²) in [5.41, 5.74) is 3.06. The minimum absolute atomic E-state index is 0.195. The van der Waals surface area contributed by atoms with Gasteiger partial charge in [-0.05, 0) is 68.4 Å². The Bertz CT molecular complexity index is 642. The van der Waals surface area contributed by atoms with E-state index in [1.807, 2.05) is 26.2 Å². The number of hydrogen-bond acceptors (Lipinski definition) is 4. The maximum atomic E-state index is 12.7. The molecule has 0 radical (unpaired) electrons. The van der Waals surface area contributed by atoms with Gasteiger partial charge in [0.2, 0.25) is 10.0 Å². The number of rotatable bonds is 7. The van der Waals surface area contributed by atoms with Gasteiger partial charge in [-0.2, -0.15) is 16.5 Å². The maximum Gasteiger partial charge on any atom is 0.321 e. The van der Waals surface area contributed by atoms with Crippen LogP contribution in [0.2, 0.25) is 0 Å². The molecule has 1 aromatic rings. The first kappa shape index (κ1) is 19.0. The number of carbonyl (C=O) groups is 1. The number of benzene rings is 1. The number of hydrogen-bond donors (Lipinski definition) is 2. The van der Waals surface area contributed by atoms with Gasteiger partial charge in [0, 0.05) is 0 Å². The molecular weight excluding hydrogens is 322 g/mol. The van der Waals surface area contributed by atoms with E-state index in [1.54, 1.807) is 13.8 Å². The lowest BCUT2D eigenvalue weighted by molar-refractivity contribution is -0.139. The summed E-state index contributed by atoms with van der Waals surface area (Å²) in [6.45, 7) is 7.19. The lowest BCUT2D eigenvalue weighted by Crippen LogP contribution is -2.41. The lowest BCUT2D eigenvalue weighted by atomic mass is 10.0. The van der Waals surface area contributed by atoms with Crippen LogP contribution in [0.3, 0.4) is 0 Å². The van der Waals surface area contributed by atoms with Crippen LogP contribution in [0.1, 0.15) is 28.7 Å². The first-order valence-corrected chi connectivity index (χ1v) is 9.81. The maximum absolute atomic E-state index is 12.7. The first-order chi connectivity index (χ1) is 10.1.